The van der Waals surface area contributed by atoms with Gasteiger partial charge in [-0.15, -0.1) is 11.6 Å². The first kappa shape index (κ1) is 13.8. The van der Waals surface area contributed by atoms with E-state index >= 15 is 0 Å². The number of anilines is 1. The highest BCUT2D eigenvalue weighted by Gasteiger charge is 2.10. The van der Waals surface area contributed by atoms with Crippen LogP contribution >= 0.6 is 23.2 Å². The average Bonchev–Trinajstić information content (AvgIpc) is 2.24. The molecule has 0 saturated carbocycles. The molecule has 17 heavy (non-hydrogen) atoms. The molecule has 0 aliphatic rings. The minimum Gasteiger partial charge on any atom is -0.306 e. The van der Waals surface area contributed by atoms with Crippen LogP contribution in [0.4, 0.5) is 10.5 Å². The highest BCUT2D eigenvalue weighted by Crippen LogP contribution is 2.24. The first-order valence-corrected chi connectivity index (χ1v) is 5.87. The van der Waals surface area contributed by atoms with Crippen molar-refractivity contribution in [2.24, 2.45) is 0 Å². The Morgan fingerprint density at radius 3 is 2.65 bits per heavy atom. The summed E-state index contributed by atoms with van der Waals surface area (Å²) in [4.78, 5) is 22.6. The Morgan fingerprint density at radius 1 is 1.35 bits per heavy atom. The Morgan fingerprint density at radius 2 is 2.06 bits per heavy atom. The fourth-order valence-electron chi connectivity index (χ4n) is 1.21. The fourth-order valence-corrected chi connectivity index (χ4v) is 1.65. The van der Waals surface area contributed by atoms with Crippen LogP contribution in [0.5, 0.6) is 0 Å². The molecule has 0 unspecified atom stereocenters. The van der Waals surface area contributed by atoms with Crippen LogP contribution < -0.4 is 10.6 Å². The van der Waals surface area contributed by atoms with E-state index in [4.69, 9.17) is 23.2 Å². The molecule has 2 N–H and O–H groups in total. The maximum atomic E-state index is 11.5. The number of nitrogens with one attached hydrogen (secondary N) is 2. The lowest BCUT2D eigenvalue weighted by atomic mass is 10.2. The van der Waals surface area contributed by atoms with E-state index in [1.165, 1.54) is 0 Å². The minimum atomic E-state index is -0.615. The number of urea groups is 1. The number of carbonyl (C=O) groups is 2. The van der Waals surface area contributed by atoms with Crippen molar-refractivity contribution in [1.82, 2.24) is 5.32 Å². The number of alkyl halides is 1. The third-order valence-electron chi connectivity index (χ3n) is 2.03. The molecular formula is C11H12Cl2N2O2. The van der Waals surface area contributed by atoms with Crippen molar-refractivity contribution in [2.75, 3.05) is 11.2 Å². The van der Waals surface area contributed by atoms with E-state index in [2.05, 4.69) is 10.6 Å². The van der Waals surface area contributed by atoms with Gasteiger partial charge in [0.25, 0.3) is 0 Å². The predicted octanol–water partition coefficient (Wildman–Crippen LogP) is 2.93. The number of aryl methyl sites for hydroxylation is 1. The minimum absolute atomic E-state index is 0.0937. The maximum absolute atomic E-state index is 11.5. The topological polar surface area (TPSA) is 58.2 Å². The number of carbonyl (C=O) groups excluding carboxylic acids is 2. The summed E-state index contributed by atoms with van der Waals surface area (Å²) in [5, 5.41) is 5.09. The number of benzene rings is 1. The van der Waals surface area contributed by atoms with Gasteiger partial charge in [-0.05, 0) is 18.6 Å². The van der Waals surface area contributed by atoms with Gasteiger partial charge in [-0.3, -0.25) is 10.1 Å². The van der Waals surface area contributed by atoms with Crippen LogP contribution in [0.25, 0.3) is 0 Å². The molecule has 3 amide bonds. The number of amides is 3. The van der Waals surface area contributed by atoms with E-state index in [1.807, 2.05) is 13.0 Å². The smallest absolute Gasteiger partial charge is 0.306 e. The molecule has 1 rings (SSSR count). The first-order chi connectivity index (χ1) is 8.04. The van der Waals surface area contributed by atoms with Crippen molar-refractivity contribution in [3.05, 3.63) is 28.8 Å². The van der Waals surface area contributed by atoms with Crippen LogP contribution in [-0.4, -0.2) is 17.8 Å². The molecule has 1 aromatic carbocycles. The van der Waals surface area contributed by atoms with E-state index in [1.54, 1.807) is 12.1 Å². The lowest BCUT2D eigenvalue weighted by molar-refractivity contribution is -0.119. The Hall–Kier alpha value is -1.26. The molecular weight excluding hydrogens is 263 g/mol. The van der Waals surface area contributed by atoms with Crippen LogP contribution in [0.1, 0.15) is 12.0 Å². The molecule has 0 aliphatic carbocycles. The van der Waals surface area contributed by atoms with Crippen LogP contribution in [-0.2, 0) is 4.79 Å². The van der Waals surface area contributed by atoms with E-state index in [0.29, 0.717) is 10.7 Å². The van der Waals surface area contributed by atoms with Crippen molar-refractivity contribution in [3.63, 3.8) is 0 Å². The molecule has 0 aliphatic heterocycles. The maximum Gasteiger partial charge on any atom is 0.325 e. The van der Waals surface area contributed by atoms with Crippen LogP contribution in [0.2, 0.25) is 5.02 Å². The van der Waals surface area contributed by atoms with Gasteiger partial charge in [0, 0.05) is 12.3 Å². The largest absolute Gasteiger partial charge is 0.325 e. The highest BCUT2D eigenvalue weighted by molar-refractivity contribution is 6.34. The number of rotatable bonds is 3. The predicted molar refractivity (Wildman–Crippen MR) is 68.7 cm³/mol. The fraction of sp³-hybridized carbons (Fsp3) is 0.273. The summed E-state index contributed by atoms with van der Waals surface area (Å²) in [6, 6.07) is 4.63. The first-order valence-electron chi connectivity index (χ1n) is 4.96. The van der Waals surface area contributed by atoms with Crippen LogP contribution in [0.15, 0.2) is 18.2 Å². The van der Waals surface area contributed by atoms with Gasteiger partial charge in [0.2, 0.25) is 5.91 Å². The molecule has 0 heterocycles. The van der Waals surface area contributed by atoms with Gasteiger partial charge in [-0.25, -0.2) is 4.79 Å². The molecule has 4 nitrogen and oxygen atoms in total. The summed E-state index contributed by atoms with van der Waals surface area (Å²) in [6.07, 6.45) is 0.0937. The number of hydrogen-bond donors (Lipinski definition) is 2. The quantitative estimate of drug-likeness (QED) is 0.833. The SMILES string of the molecule is Cc1cccc(Cl)c1NC(=O)NC(=O)CCCl. The summed E-state index contributed by atoms with van der Waals surface area (Å²) in [6.45, 7) is 1.81. The van der Waals surface area contributed by atoms with Gasteiger partial charge in [0.15, 0.2) is 0 Å². The summed E-state index contributed by atoms with van der Waals surface area (Å²) in [5.41, 5.74) is 1.31. The molecule has 0 atom stereocenters. The second-order valence-electron chi connectivity index (χ2n) is 3.37. The summed E-state index contributed by atoms with van der Waals surface area (Å²) in [5.74, 6) is -0.258. The van der Waals surface area contributed by atoms with Crippen molar-refractivity contribution in [3.8, 4) is 0 Å². The summed E-state index contributed by atoms with van der Waals surface area (Å²) >= 11 is 11.3. The van der Waals surface area contributed by atoms with Crippen molar-refractivity contribution in [1.29, 1.82) is 0 Å². The van der Waals surface area contributed by atoms with Crippen LogP contribution in [0, 0.1) is 6.92 Å². The van der Waals surface area contributed by atoms with Gasteiger partial charge in [0.05, 0.1) is 10.7 Å². The van der Waals surface area contributed by atoms with Crippen molar-refractivity contribution < 1.29 is 9.59 Å². The zero-order chi connectivity index (χ0) is 12.8. The van der Waals surface area contributed by atoms with Gasteiger partial charge in [0.1, 0.15) is 0 Å². The molecule has 0 saturated heterocycles. The summed E-state index contributed by atoms with van der Waals surface area (Å²) in [7, 11) is 0. The average molecular weight is 275 g/mol. The Labute approximate surface area is 109 Å². The normalized spacial score (nSPS) is 9.82. The molecule has 0 bridgehead atoms. The number of imide groups is 1. The van der Waals surface area contributed by atoms with Gasteiger partial charge >= 0.3 is 6.03 Å². The van der Waals surface area contributed by atoms with E-state index in [9.17, 15) is 9.59 Å². The highest BCUT2D eigenvalue weighted by atomic mass is 35.5. The van der Waals surface area contributed by atoms with Crippen molar-refractivity contribution >= 4 is 40.8 Å². The molecule has 1 aromatic rings. The van der Waals surface area contributed by atoms with E-state index < -0.39 is 11.9 Å². The molecule has 6 heteroatoms. The summed E-state index contributed by atoms with van der Waals surface area (Å²) < 4.78 is 0. The molecule has 0 fully saturated rings. The standard InChI is InChI=1S/C11H12Cl2N2O2/c1-7-3-2-4-8(13)10(7)15-11(17)14-9(16)5-6-12/h2-4H,5-6H2,1H3,(H2,14,15,16,17). The van der Waals surface area contributed by atoms with Gasteiger partial charge in [-0.1, -0.05) is 23.7 Å². The lowest BCUT2D eigenvalue weighted by Crippen LogP contribution is -2.34. The van der Waals surface area contributed by atoms with E-state index in [-0.39, 0.29) is 12.3 Å². The second-order valence-corrected chi connectivity index (χ2v) is 4.16. The third kappa shape index (κ3) is 4.24. The zero-order valence-electron chi connectivity index (χ0n) is 9.22. The number of halogens is 2. The third-order valence-corrected chi connectivity index (χ3v) is 2.54. The second kappa shape index (κ2) is 6.47. The number of hydrogen-bond acceptors (Lipinski definition) is 2. The Kier molecular flexibility index (Phi) is 5.25. The molecule has 0 aromatic heterocycles. The number of para-hydroxylation sites is 1. The monoisotopic (exact) mass is 274 g/mol. The Balaban J connectivity index is 2.65. The molecule has 92 valence electrons. The lowest BCUT2D eigenvalue weighted by Gasteiger charge is -2.10. The van der Waals surface area contributed by atoms with E-state index in [0.717, 1.165) is 5.56 Å². The zero-order valence-corrected chi connectivity index (χ0v) is 10.7. The van der Waals surface area contributed by atoms with Crippen LogP contribution in [0.3, 0.4) is 0 Å². The van der Waals surface area contributed by atoms with Gasteiger partial charge in [-0.2, -0.15) is 0 Å². The van der Waals surface area contributed by atoms with Gasteiger partial charge < -0.3 is 5.32 Å². The molecule has 0 spiro atoms. The van der Waals surface area contributed by atoms with Crippen molar-refractivity contribution in [2.45, 2.75) is 13.3 Å². The Bertz CT molecular complexity index is 415. The molecule has 0 radical (unpaired) electrons.